The highest BCUT2D eigenvalue weighted by Crippen LogP contribution is 2.58. The minimum Gasteiger partial charge on any atom is -0.342 e. The number of likely N-dealkylation sites (tertiary alicyclic amines) is 2. The summed E-state index contributed by atoms with van der Waals surface area (Å²) in [5.74, 6) is 0.189. The lowest BCUT2D eigenvalue weighted by Crippen LogP contribution is -2.53. The summed E-state index contributed by atoms with van der Waals surface area (Å²) in [5, 5.41) is 0. The van der Waals surface area contributed by atoms with Gasteiger partial charge >= 0.3 is 0 Å². The van der Waals surface area contributed by atoms with E-state index in [0.717, 1.165) is 38.9 Å². The fourth-order valence-electron chi connectivity index (χ4n) is 5.13. The Morgan fingerprint density at radius 2 is 1.71 bits per heavy atom. The summed E-state index contributed by atoms with van der Waals surface area (Å²) >= 11 is 0. The van der Waals surface area contributed by atoms with E-state index in [1.165, 1.54) is 6.26 Å². The SMILES string of the molecule is CCN1CCC2(CN(S(C)(=O)=O)CC23CCN(C(C)C)CC3)C1=O. The largest absolute Gasteiger partial charge is 0.342 e. The van der Waals surface area contributed by atoms with Crippen molar-refractivity contribution in [1.82, 2.24) is 14.1 Å². The van der Waals surface area contributed by atoms with Gasteiger partial charge in [-0.2, -0.15) is 0 Å². The van der Waals surface area contributed by atoms with Gasteiger partial charge in [-0.1, -0.05) is 0 Å². The van der Waals surface area contributed by atoms with Crippen LogP contribution >= 0.6 is 0 Å². The van der Waals surface area contributed by atoms with E-state index in [0.29, 0.717) is 25.7 Å². The third-order valence-electron chi connectivity index (χ3n) is 6.78. The highest BCUT2D eigenvalue weighted by molar-refractivity contribution is 7.88. The maximum absolute atomic E-state index is 13.2. The zero-order valence-electron chi connectivity index (χ0n) is 15.4. The Morgan fingerprint density at radius 3 is 2.17 bits per heavy atom. The molecule has 0 aromatic carbocycles. The van der Waals surface area contributed by atoms with Gasteiger partial charge in [0.2, 0.25) is 15.9 Å². The molecule has 3 saturated heterocycles. The molecule has 0 aliphatic carbocycles. The summed E-state index contributed by atoms with van der Waals surface area (Å²) in [6, 6.07) is 0.497. The molecule has 0 radical (unpaired) electrons. The Kier molecular flexibility index (Phi) is 4.50. The van der Waals surface area contributed by atoms with Crippen LogP contribution in [0.3, 0.4) is 0 Å². The van der Waals surface area contributed by atoms with Gasteiger partial charge in [-0.3, -0.25) is 4.79 Å². The van der Waals surface area contributed by atoms with E-state index in [1.54, 1.807) is 4.31 Å². The third-order valence-corrected chi connectivity index (χ3v) is 7.98. The van der Waals surface area contributed by atoms with E-state index in [-0.39, 0.29) is 11.3 Å². The van der Waals surface area contributed by atoms with E-state index in [2.05, 4.69) is 18.7 Å². The Bertz CT molecular complexity index is 611. The van der Waals surface area contributed by atoms with E-state index in [1.807, 2.05) is 11.8 Å². The molecule has 24 heavy (non-hydrogen) atoms. The lowest BCUT2D eigenvalue weighted by atomic mass is 9.60. The van der Waals surface area contributed by atoms with Crippen molar-refractivity contribution >= 4 is 15.9 Å². The first-order chi connectivity index (χ1) is 11.2. The Morgan fingerprint density at radius 1 is 1.08 bits per heavy atom. The third kappa shape index (κ3) is 2.59. The Hall–Kier alpha value is -0.660. The van der Waals surface area contributed by atoms with E-state index >= 15 is 0 Å². The first-order valence-corrected chi connectivity index (χ1v) is 11.0. The molecule has 6 nitrogen and oxygen atoms in total. The first kappa shape index (κ1) is 18.1. The van der Waals surface area contributed by atoms with Gasteiger partial charge in [0, 0.05) is 37.6 Å². The molecule has 1 atom stereocenters. The number of fused-ring (bicyclic) bond motifs is 1. The number of hydrogen-bond donors (Lipinski definition) is 0. The van der Waals surface area contributed by atoms with Crippen LogP contribution < -0.4 is 0 Å². The van der Waals surface area contributed by atoms with Crippen LogP contribution in [0.4, 0.5) is 0 Å². The van der Waals surface area contributed by atoms with Crippen LogP contribution in [0, 0.1) is 10.8 Å². The van der Waals surface area contributed by atoms with Gasteiger partial charge in [0.15, 0.2) is 0 Å². The predicted octanol–water partition coefficient (Wildman–Crippen LogP) is 0.991. The lowest BCUT2D eigenvalue weighted by molar-refractivity contribution is -0.142. The van der Waals surface area contributed by atoms with Gasteiger partial charge in [0.1, 0.15) is 0 Å². The standard InChI is InChI=1S/C17H31N3O3S/c1-5-18-11-8-17(15(18)21)13-20(24(4,22)23)12-16(17)6-9-19(10-7-16)14(2)3/h14H,5-13H2,1-4H3. The molecule has 138 valence electrons. The quantitative estimate of drug-likeness (QED) is 0.756. The van der Waals surface area contributed by atoms with Crippen LogP contribution in [0.15, 0.2) is 0 Å². The number of carbonyl (C=O) groups excluding carboxylic acids is 1. The molecule has 3 heterocycles. The molecule has 0 aromatic heterocycles. The summed E-state index contributed by atoms with van der Waals surface area (Å²) in [6.45, 7) is 10.7. The van der Waals surface area contributed by atoms with Crippen molar-refractivity contribution in [3.63, 3.8) is 0 Å². The number of hydrogen-bond acceptors (Lipinski definition) is 4. The maximum Gasteiger partial charge on any atom is 0.230 e. The average Bonchev–Trinajstić information content (AvgIpc) is 3.00. The Balaban J connectivity index is 1.95. The number of nitrogens with zero attached hydrogens (tertiary/aromatic N) is 3. The molecule has 1 amide bonds. The molecule has 0 aromatic rings. The van der Waals surface area contributed by atoms with Crippen LogP contribution in [0.25, 0.3) is 0 Å². The molecule has 0 saturated carbocycles. The van der Waals surface area contributed by atoms with Crippen molar-refractivity contribution in [1.29, 1.82) is 0 Å². The molecule has 3 aliphatic heterocycles. The molecule has 3 aliphatic rings. The topological polar surface area (TPSA) is 60.9 Å². The van der Waals surface area contributed by atoms with Crippen molar-refractivity contribution in [3.8, 4) is 0 Å². The highest BCUT2D eigenvalue weighted by Gasteiger charge is 2.66. The molecule has 1 unspecified atom stereocenters. The number of carbonyl (C=O) groups is 1. The van der Waals surface area contributed by atoms with Crippen molar-refractivity contribution in [2.24, 2.45) is 10.8 Å². The van der Waals surface area contributed by atoms with E-state index < -0.39 is 15.4 Å². The second-order valence-corrected chi connectivity index (χ2v) is 10.1. The lowest BCUT2D eigenvalue weighted by Gasteiger charge is -2.47. The number of amides is 1. The van der Waals surface area contributed by atoms with Crippen LogP contribution in [0.2, 0.25) is 0 Å². The van der Waals surface area contributed by atoms with Gasteiger partial charge in [-0.15, -0.1) is 0 Å². The van der Waals surface area contributed by atoms with Crippen molar-refractivity contribution in [2.75, 3.05) is 45.5 Å². The van der Waals surface area contributed by atoms with Gasteiger partial charge < -0.3 is 9.80 Å². The van der Waals surface area contributed by atoms with Crippen LogP contribution in [0.1, 0.15) is 40.0 Å². The summed E-state index contributed by atoms with van der Waals surface area (Å²) in [6.07, 6.45) is 3.91. The van der Waals surface area contributed by atoms with Crippen molar-refractivity contribution < 1.29 is 13.2 Å². The summed E-state index contributed by atoms with van der Waals surface area (Å²) in [7, 11) is -3.27. The minimum absolute atomic E-state index is 0.189. The number of sulfonamides is 1. The molecule has 0 bridgehead atoms. The van der Waals surface area contributed by atoms with Crippen molar-refractivity contribution in [3.05, 3.63) is 0 Å². The van der Waals surface area contributed by atoms with E-state index in [4.69, 9.17) is 0 Å². The second kappa shape index (κ2) is 5.95. The van der Waals surface area contributed by atoms with E-state index in [9.17, 15) is 13.2 Å². The van der Waals surface area contributed by atoms with Crippen LogP contribution in [0.5, 0.6) is 0 Å². The highest BCUT2D eigenvalue weighted by atomic mass is 32.2. The summed E-state index contributed by atoms with van der Waals surface area (Å²) < 4.78 is 26.0. The first-order valence-electron chi connectivity index (χ1n) is 9.14. The summed E-state index contributed by atoms with van der Waals surface area (Å²) in [5.41, 5.74) is -0.697. The molecular formula is C17H31N3O3S. The molecular weight excluding hydrogens is 326 g/mol. The normalized spacial score (nSPS) is 31.9. The van der Waals surface area contributed by atoms with Gasteiger partial charge in [0.05, 0.1) is 11.7 Å². The molecule has 3 rings (SSSR count). The molecule has 3 fully saturated rings. The fourth-order valence-corrected chi connectivity index (χ4v) is 6.07. The van der Waals surface area contributed by atoms with Gasteiger partial charge in [-0.25, -0.2) is 12.7 Å². The van der Waals surface area contributed by atoms with Crippen LogP contribution in [-0.4, -0.2) is 80.0 Å². The minimum atomic E-state index is -3.27. The summed E-state index contributed by atoms with van der Waals surface area (Å²) in [4.78, 5) is 17.6. The average molecular weight is 358 g/mol. The zero-order valence-corrected chi connectivity index (χ0v) is 16.2. The second-order valence-electron chi connectivity index (χ2n) is 8.16. The van der Waals surface area contributed by atoms with Crippen molar-refractivity contribution in [2.45, 2.75) is 46.1 Å². The Labute approximate surface area is 146 Å². The van der Waals surface area contributed by atoms with Gasteiger partial charge in [0.25, 0.3) is 0 Å². The zero-order chi connectivity index (χ0) is 17.8. The smallest absolute Gasteiger partial charge is 0.230 e. The maximum atomic E-state index is 13.2. The number of rotatable bonds is 3. The number of piperidine rings is 1. The van der Waals surface area contributed by atoms with Gasteiger partial charge in [-0.05, 0) is 53.1 Å². The molecule has 7 heteroatoms. The van der Waals surface area contributed by atoms with Crippen LogP contribution in [-0.2, 0) is 14.8 Å². The molecule has 2 spiro atoms. The fraction of sp³-hybridized carbons (Fsp3) is 0.941. The molecule has 0 N–H and O–H groups in total. The monoisotopic (exact) mass is 357 g/mol. The predicted molar refractivity (Wildman–Crippen MR) is 94.1 cm³/mol.